The van der Waals surface area contributed by atoms with Crippen LogP contribution < -0.4 is 5.32 Å². The van der Waals surface area contributed by atoms with Crippen LogP contribution in [0.25, 0.3) is 0 Å². The molecule has 1 nitrogen and oxygen atoms in total. The lowest BCUT2D eigenvalue weighted by Gasteiger charge is -2.30. The Balaban J connectivity index is 2.68. The first-order valence-electron chi connectivity index (χ1n) is 3.96. The van der Waals surface area contributed by atoms with Crippen molar-refractivity contribution in [3.05, 3.63) is 12.3 Å². The zero-order chi connectivity index (χ0) is 8.48. The van der Waals surface area contributed by atoms with Crippen molar-refractivity contribution in [2.45, 2.75) is 27.2 Å². The zero-order valence-electron chi connectivity index (χ0n) is 7.35. The number of hydrogen-bond acceptors (Lipinski definition) is 1. The maximum Gasteiger partial charge on any atom is 0.0798 e. The van der Waals surface area contributed by atoms with Crippen molar-refractivity contribution in [1.29, 1.82) is 0 Å². The SMILES string of the molecule is CC(C)(C)C1C=CNC(=S)C1. The van der Waals surface area contributed by atoms with Crippen LogP contribution in [0.3, 0.4) is 0 Å². The van der Waals surface area contributed by atoms with E-state index in [9.17, 15) is 0 Å². The smallest absolute Gasteiger partial charge is 0.0798 e. The molecule has 0 amide bonds. The van der Waals surface area contributed by atoms with Crippen molar-refractivity contribution in [2.24, 2.45) is 11.3 Å². The van der Waals surface area contributed by atoms with Crippen molar-refractivity contribution >= 4 is 17.2 Å². The molecular formula is C9H15NS. The van der Waals surface area contributed by atoms with Crippen molar-refractivity contribution in [3.63, 3.8) is 0 Å². The average molecular weight is 169 g/mol. The van der Waals surface area contributed by atoms with Crippen LogP contribution in [0, 0.1) is 11.3 Å². The predicted octanol–water partition coefficient (Wildman–Crippen LogP) is 2.48. The molecule has 1 heterocycles. The molecule has 0 spiro atoms. The summed E-state index contributed by atoms with van der Waals surface area (Å²) in [6, 6.07) is 0. The van der Waals surface area contributed by atoms with Crippen LogP contribution in [-0.2, 0) is 0 Å². The summed E-state index contributed by atoms with van der Waals surface area (Å²) in [5, 5.41) is 3.03. The molecule has 0 aliphatic carbocycles. The van der Waals surface area contributed by atoms with E-state index in [4.69, 9.17) is 12.2 Å². The Morgan fingerprint density at radius 3 is 2.55 bits per heavy atom. The molecule has 0 aromatic rings. The second-order valence-electron chi connectivity index (χ2n) is 4.10. The van der Waals surface area contributed by atoms with Gasteiger partial charge in [-0.05, 0) is 17.5 Å². The summed E-state index contributed by atoms with van der Waals surface area (Å²) in [7, 11) is 0. The molecule has 1 atom stereocenters. The van der Waals surface area contributed by atoms with Gasteiger partial charge in [0.05, 0.1) is 4.99 Å². The van der Waals surface area contributed by atoms with Gasteiger partial charge in [0.2, 0.25) is 0 Å². The van der Waals surface area contributed by atoms with E-state index in [0.717, 1.165) is 11.4 Å². The minimum Gasteiger partial charge on any atom is -0.357 e. The Morgan fingerprint density at radius 1 is 1.55 bits per heavy atom. The van der Waals surface area contributed by atoms with Gasteiger partial charge in [0, 0.05) is 6.42 Å². The van der Waals surface area contributed by atoms with Gasteiger partial charge in [-0.25, -0.2) is 0 Å². The summed E-state index contributed by atoms with van der Waals surface area (Å²) in [5.41, 5.74) is 0.336. The standard InChI is InChI=1S/C9H15NS/c1-9(2,3)7-4-5-10-8(11)6-7/h4-5,7H,6H2,1-3H3,(H,10,11). The maximum atomic E-state index is 5.09. The summed E-state index contributed by atoms with van der Waals surface area (Å²) in [4.78, 5) is 0.965. The van der Waals surface area contributed by atoms with Gasteiger partial charge < -0.3 is 5.32 Å². The number of nitrogens with one attached hydrogen (secondary N) is 1. The molecule has 0 bridgehead atoms. The highest BCUT2D eigenvalue weighted by molar-refractivity contribution is 7.80. The first-order valence-corrected chi connectivity index (χ1v) is 4.37. The number of allylic oxidation sites excluding steroid dienone is 1. The quantitative estimate of drug-likeness (QED) is 0.559. The minimum absolute atomic E-state index is 0.336. The lowest BCUT2D eigenvalue weighted by atomic mass is 9.78. The van der Waals surface area contributed by atoms with Gasteiger partial charge in [-0.2, -0.15) is 0 Å². The van der Waals surface area contributed by atoms with Gasteiger partial charge >= 0.3 is 0 Å². The van der Waals surface area contributed by atoms with Gasteiger partial charge in [-0.15, -0.1) is 0 Å². The molecule has 0 saturated carbocycles. The van der Waals surface area contributed by atoms with E-state index < -0.39 is 0 Å². The average Bonchev–Trinajstić information content (AvgIpc) is 1.86. The molecule has 0 aromatic carbocycles. The van der Waals surface area contributed by atoms with Gasteiger partial charge in [-0.3, -0.25) is 0 Å². The summed E-state index contributed by atoms with van der Waals surface area (Å²) < 4.78 is 0. The molecule has 0 aromatic heterocycles. The number of rotatable bonds is 0. The second-order valence-corrected chi connectivity index (χ2v) is 4.60. The van der Waals surface area contributed by atoms with Gasteiger partial charge in [0.25, 0.3) is 0 Å². The third-order valence-corrected chi connectivity index (χ3v) is 2.38. The molecule has 11 heavy (non-hydrogen) atoms. The molecule has 0 fully saturated rings. The lowest BCUT2D eigenvalue weighted by Crippen LogP contribution is -2.29. The highest BCUT2D eigenvalue weighted by atomic mass is 32.1. The van der Waals surface area contributed by atoms with Crippen molar-refractivity contribution in [1.82, 2.24) is 5.32 Å². The van der Waals surface area contributed by atoms with Gasteiger partial charge in [0.15, 0.2) is 0 Å². The van der Waals surface area contributed by atoms with Crippen LogP contribution in [0.15, 0.2) is 12.3 Å². The number of thiocarbonyl (C=S) groups is 1. The highest BCUT2D eigenvalue weighted by Gasteiger charge is 2.24. The molecular weight excluding hydrogens is 154 g/mol. The zero-order valence-corrected chi connectivity index (χ0v) is 8.16. The first kappa shape index (κ1) is 8.72. The minimum atomic E-state index is 0.336. The molecule has 1 N–H and O–H groups in total. The molecule has 0 saturated heterocycles. The second kappa shape index (κ2) is 2.94. The van der Waals surface area contributed by atoms with Crippen LogP contribution in [0.1, 0.15) is 27.2 Å². The Morgan fingerprint density at radius 2 is 2.18 bits per heavy atom. The summed E-state index contributed by atoms with van der Waals surface area (Å²) in [5.74, 6) is 0.594. The highest BCUT2D eigenvalue weighted by Crippen LogP contribution is 2.31. The van der Waals surface area contributed by atoms with Crippen LogP contribution in [0.2, 0.25) is 0 Å². The third kappa shape index (κ3) is 2.29. The van der Waals surface area contributed by atoms with Gasteiger partial charge in [0.1, 0.15) is 0 Å². The topological polar surface area (TPSA) is 12.0 Å². The normalized spacial score (nSPS) is 25.0. The predicted molar refractivity (Wildman–Crippen MR) is 52.4 cm³/mol. The van der Waals surface area contributed by atoms with Crippen LogP contribution in [0.4, 0.5) is 0 Å². The molecule has 1 unspecified atom stereocenters. The van der Waals surface area contributed by atoms with Crippen LogP contribution in [0.5, 0.6) is 0 Å². The molecule has 1 aliphatic heterocycles. The fourth-order valence-electron chi connectivity index (χ4n) is 1.18. The van der Waals surface area contributed by atoms with Crippen molar-refractivity contribution in [3.8, 4) is 0 Å². The molecule has 1 rings (SSSR count). The first-order chi connectivity index (χ1) is 5.00. The molecule has 2 heteroatoms. The van der Waals surface area contributed by atoms with E-state index in [2.05, 4.69) is 32.2 Å². The Bertz CT molecular complexity index is 188. The summed E-state index contributed by atoms with van der Waals surface area (Å²) in [6.45, 7) is 6.74. The summed E-state index contributed by atoms with van der Waals surface area (Å²) in [6.07, 6.45) is 5.16. The largest absolute Gasteiger partial charge is 0.357 e. The van der Waals surface area contributed by atoms with Crippen molar-refractivity contribution < 1.29 is 0 Å². The van der Waals surface area contributed by atoms with Crippen LogP contribution in [-0.4, -0.2) is 4.99 Å². The van der Waals surface area contributed by atoms with E-state index in [-0.39, 0.29) is 0 Å². The Kier molecular flexibility index (Phi) is 2.33. The van der Waals surface area contributed by atoms with E-state index in [1.807, 2.05) is 6.20 Å². The van der Waals surface area contributed by atoms with E-state index in [0.29, 0.717) is 11.3 Å². The fraction of sp³-hybridized carbons (Fsp3) is 0.667. The maximum absolute atomic E-state index is 5.09. The van der Waals surface area contributed by atoms with Crippen LogP contribution >= 0.6 is 12.2 Å². The van der Waals surface area contributed by atoms with E-state index in [1.165, 1.54) is 0 Å². The molecule has 1 aliphatic rings. The molecule has 62 valence electrons. The Labute approximate surface area is 73.9 Å². The molecule has 0 radical (unpaired) electrons. The van der Waals surface area contributed by atoms with E-state index >= 15 is 0 Å². The monoisotopic (exact) mass is 169 g/mol. The third-order valence-electron chi connectivity index (χ3n) is 2.09. The lowest BCUT2D eigenvalue weighted by molar-refractivity contribution is 0.297. The van der Waals surface area contributed by atoms with Crippen molar-refractivity contribution in [2.75, 3.05) is 0 Å². The fourth-order valence-corrected chi connectivity index (χ4v) is 1.43. The van der Waals surface area contributed by atoms with E-state index in [1.54, 1.807) is 0 Å². The van der Waals surface area contributed by atoms with Gasteiger partial charge in [-0.1, -0.05) is 39.1 Å². The number of hydrogen-bond donors (Lipinski definition) is 1. The summed E-state index contributed by atoms with van der Waals surface area (Å²) >= 11 is 5.09. The Hall–Kier alpha value is -0.370.